The largest absolute Gasteiger partial charge is 0.452 e. The number of benzene rings is 1. The topological polar surface area (TPSA) is 122 Å². The van der Waals surface area contributed by atoms with Crippen molar-refractivity contribution in [1.29, 1.82) is 0 Å². The van der Waals surface area contributed by atoms with Gasteiger partial charge in [0.2, 0.25) is 0 Å². The molecule has 2 N–H and O–H groups in total. The van der Waals surface area contributed by atoms with Gasteiger partial charge in [0.05, 0.1) is 17.1 Å². The van der Waals surface area contributed by atoms with E-state index in [9.17, 15) is 22.8 Å². The number of carbonyl (C=O) groups is 3. The molecule has 2 fully saturated rings. The molecule has 9 nitrogen and oxygen atoms in total. The molecule has 0 radical (unpaired) electrons. The molecular weight excluding hydrogens is 422 g/mol. The molecule has 3 rings (SSSR count). The Kier molecular flexibility index (Phi) is 7.19. The molecule has 1 saturated heterocycles. The van der Waals surface area contributed by atoms with Gasteiger partial charge in [0.15, 0.2) is 16.4 Å². The number of hydrogen-bond acceptors (Lipinski definition) is 6. The van der Waals surface area contributed by atoms with Crippen LogP contribution in [0.3, 0.4) is 0 Å². The minimum atomic E-state index is -3.11. The van der Waals surface area contributed by atoms with Crippen molar-refractivity contribution in [3.05, 3.63) is 35.4 Å². The highest BCUT2D eigenvalue weighted by atomic mass is 32.2. The minimum absolute atomic E-state index is 0.0200. The van der Waals surface area contributed by atoms with Crippen LogP contribution in [0.15, 0.2) is 24.3 Å². The number of esters is 1. The molecule has 2 aliphatic rings. The molecule has 0 bridgehead atoms. The third-order valence-electron chi connectivity index (χ3n) is 5.22. The van der Waals surface area contributed by atoms with Crippen LogP contribution in [0.2, 0.25) is 0 Å². The van der Waals surface area contributed by atoms with E-state index < -0.39 is 22.4 Å². The van der Waals surface area contributed by atoms with Crippen molar-refractivity contribution in [2.75, 3.05) is 18.1 Å². The third-order valence-corrected chi connectivity index (χ3v) is 6.97. The zero-order valence-corrected chi connectivity index (χ0v) is 18.6. The summed E-state index contributed by atoms with van der Waals surface area (Å²) in [7, 11) is -3.11. The molecule has 0 aromatic heterocycles. The van der Waals surface area contributed by atoms with Crippen LogP contribution in [0.5, 0.6) is 0 Å². The third kappa shape index (κ3) is 6.68. The number of amides is 3. The Bertz CT molecular complexity index is 925. The van der Waals surface area contributed by atoms with E-state index in [1.807, 2.05) is 13.8 Å². The van der Waals surface area contributed by atoms with E-state index in [0.717, 1.165) is 18.4 Å². The van der Waals surface area contributed by atoms with Crippen molar-refractivity contribution in [3.8, 4) is 0 Å². The normalized spacial score (nSPS) is 19.6. The summed E-state index contributed by atoms with van der Waals surface area (Å²) < 4.78 is 28.7. The summed E-state index contributed by atoms with van der Waals surface area (Å²) in [4.78, 5) is 38.2. The zero-order chi connectivity index (χ0) is 22.6. The first-order valence-corrected chi connectivity index (χ1v) is 12.3. The lowest BCUT2D eigenvalue weighted by Gasteiger charge is -2.28. The Morgan fingerprint density at radius 3 is 2.32 bits per heavy atom. The number of sulfone groups is 1. The average molecular weight is 452 g/mol. The first-order chi connectivity index (χ1) is 14.6. The van der Waals surface area contributed by atoms with Crippen LogP contribution in [0, 0.1) is 0 Å². The summed E-state index contributed by atoms with van der Waals surface area (Å²) in [5.74, 6) is -0.905. The predicted molar refractivity (Wildman–Crippen MR) is 114 cm³/mol. The lowest BCUT2D eigenvalue weighted by atomic mass is 10.1. The number of ether oxygens (including phenoxy) is 1. The van der Waals surface area contributed by atoms with Gasteiger partial charge in [0, 0.05) is 24.7 Å². The molecule has 1 saturated carbocycles. The summed E-state index contributed by atoms with van der Waals surface area (Å²) in [5, 5.41) is 5.44. The molecule has 31 heavy (non-hydrogen) atoms. The maximum absolute atomic E-state index is 12.6. The molecule has 1 aromatic carbocycles. The van der Waals surface area contributed by atoms with Crippen LogP contribution < -0.4 is 10.6 Å². The van der Waals surface area contributed by atoms with Gasteiger partial charge in [0.1, 0.15) is 0 Å². The van der Waals surface area contributed by atoms with Crippen LogP contribution >= 0.6 is 0 Å². The van der Waals surface area contributed by atoms with E-state index in [4.69, 9.17) is 4.74 Å². The fourth-order valence-corrected chi connectivity index (χ4v) is 5.30. The maximum atomic E-state index is 12.6. The van der Waals surface area contributed by atoms with Crippen LogP contribution in [0.25, 0.3) is 0 Å². The summed E-state index contributed by atoms with van der Waals surface area (Å²) >= 11 is 0. The minimum Gasteiger partial charge on any atom is -0.452 e. The van der Waals surface area contributed by atoms with E-state index >= 15 is 0 Å². The van der Waals surface area contributed by atoms with Crippen LogP contribution in [0.4, 0.5) is 4.79 Å². The second kappa shape index (κ2) is 9.67. The highest BCUT2D eigenvalue weighted by Crippen LogP contribution is 2.32. The van der Waals surface area contributed by atoms with E-state index in [1.54, 1.807) is 29.2 Å². The highest BCUT2D eigenvalue weighted by Gasteiger charge is 2.42. The molecule has 170 valence electrons. The Hall–Kier alpha value is -2.62. The molecule has 0 unspecified atom stereocenters. The first-order valence-electron chi connectivity index (χ1n) is 10.5. The number of nitrogens with zero attached hydrogens (tertiary/aromatic N) is 1. The van der Waals surface area contributed by atoms with E-state index in [0.29, 0.717) is 18.5 Å². The molecular formula is C21H29N3O6S. The zero-order valence-electron chi connectivity index (χ0n) is 17.8. The van der Waals surface area contributed by atoms with Crippen molar-refractivity contribution in [3.63, 3.8) is 0 Å². The summed E-state index contributed by atoms with van der Waals surface area (Å²) in [5.41, 5.74) is 1.11. The smallest absolute Gasteiger partial charge is 0.338 e. The molecule has 1 aliphatic heterocycles. The van der Waals surface area contributed by atoms with Crippen LogP contribution in [-0.4, -0.2) is 67.5 Å². The van der Waals surface area contributed by atoms with Crippen molar-refractivity contribution in [2.45, 2.75) is 57.8 Å². The Morgan fingerprint density at radius 1 is 1.10 bits per heavy atom. The van der Waals surface area contributed by atoms with E-state index in [-0.39, 0.29) is 41.6 Å². The molecule has 1 aliphatic carbocycles. The predicted octanol–water partition coefficient (Wildman–Crippen LogP) is 1.23. The number of urea groups is 1. The van der Waals surface area contributed by atoms with Crippen LogP contribution in [-0.2, 0) is 25.9 Å². The Balaban J connectivity index is 1.49. The number of rotatable bonds is 8. The van der Waals surface area contributed by atoms with Crippen molar-refractivity contribution in [1.82, 2.24) is 15.5 Å². The Morgan fingerprint density at radius 2 is 1.77 bits per heavy atom. The molecule has 1 heterocycles. The second-order valence-electron chi connectivity index (χ2n) is 8.34. The van der Waals surface area contributed by atoms with Crippen LogP contribution in [0.1, 0.15) is 49.0 Å². The van der Waals surface area contributed by atoms with Gasteiger partial charge in [-0.3, -0.25) is 4.79 Å². The van der Waals surface area contributed by atoms with Crippen molar-refractivity contribution >= 4 is 27.7 Å². The van der Waals surface area contributed by atoms with E-state index in [1.165, 1.54) is 0 Å². The summed E-state index contributed by atoms with van der Waals surface area (Å²) in [6.07, 6.45) is 2.13. The second-order valence-corrected chi connectivity index (χ2v) is 10.6. The van der Waals surface area contributed by atoms with Gasteiger partial charge >= 0.3 is 12.0 Å². The van der Waals surface area contributed by atoms with Crippen molar-refractivity contribution < 1.29 is 27.5 Å². The van der Waals surface area contributed by atoms with Gasteiger partial charge in [-0.1, -0.05) is 12.1 Å². The van der Waals surface area contributed by atoms with Gasteiger partial charge in [-0.25, -0.2) is 18.0 Å². The molecule has 10 heteroatoms. The van der Waals surface area contributed by atoms with Gasteiger partial charge in [-0.15, -0.1) is 0 Å². The molecule has 0 spiro atoms. The maximum Gasteiger partial charge on any atom is 0.338 e. The average Bonchev–Trinajstić information content (AvgIpc) is 3.47. The lowest BCUT2D eigenvalue weighted by Crippen LogP contribution is -2.44. The highest BCUT2D eigenvalue weighted by molar-refractivity contribution is 7.91. The standard InChI is InChI=1S/C21H29N3O6S/c1-14(2)23-21(27)22-11-15-3-5-16(6-4-15)20(26)30-12-19(25)24(17-7-8-17)18-9-10-31(28,29)13-18/h3-6,14,17-18H,7-13H2,1-2H3,(H2,22,23,27)/t18-/m0/s1. The summed E-state index contributed by atoms with van der Waals surface area (Å²) in [6.45, 7) is 3.63. The number of nitrogens with one attached hydrogen (secondary N) is 2. The number of hydrogen-bond donors (Lipinski definition) is 2. The fourth-order valence-electron chi connectivity index (χ4n) is 3.59. The lowest BCUT2D eigenvalue weighted by molar-refractivity contribution is -0.137. The first kappa shape index (κ1) is 23.1. The fraction of sp³-hybridized carbons (Fsp3) is 0.571. The van der Waals surface area contributed by atoms with Crippen molar-refractivity contribution in [2.24, 2.45) is 0 Å². The van der Waals surface area contributed by atoms with Gasteiger partial charge in [-0.05, 0) is 50.8 Å². The number of carbonyl (C=O) groups excluding carboxylic acids is 3. The Labute approximate surface area is 182 Å². The molecule has 3 amide bonds. The SMILES string of the molecule is CC(C)NC(=O)NCc1ccc(C(=O)OCC(=O)N(C2CC2)[C@H]2CCS(=O)(=O)C2)cc1. The summed E-state index contributed by atoms with van der Waals surface area (Å²) in [6, 6.07) is 6.04. The molecule has 1 aromatic rings. The van der Waals surface area contributed by atoms with Gasteiger partial charge in [-0.2, -0.15) is 0 Å². The van der Waals surface area contributed by atoms with E-state index in [2.05, 4.69) is 10.6 Å². The monoisotopic (exact) mass is 451 g/mol. The van der Waals surface area contributed by atoms with Gasteiger partial charge < -0.3 is 20.3 Å². The molecule has 1 atom stereocenters. The quantitative estimate of drug-likeness (QED) is 0.574. The van der Waals surface area contributed by atoms with Gasteiger partial charge in [0.25, 0.3) is 5.91 Å².